The Balaban J connectivity index is 1.52. The fraction of sp³-hybridized carbons (Fsp3) is 0.531. The van der Waals surface area contributed by atoms with E-state index in [-0.39, 0.29) is 39.7 Å². The van der Waals surface area contributed by atoms with E-state index in [0.29, 0.717) is 30.9 Å². The summed E-state index contributed by atoms with van der Waals surface area (Å²) in [4.78, 5) is 15.9. The van der Waals surface area contributed by atoms with Crippen LogP contribution < -0.4 is 14.8 Å². The largest absolute Gasteiger partial charge is 0.504 e. The van der Waals surface area contributed by atoms with Crippen LogP contribution in [0.15, 0.2) is 52.6 Å². The van der Waals surface area contributed by atoms with E-state index in [1.807, 2.05) is 33.8 Å². The van der Waals surface area contributed by atoms with Gasteiger partial charge in [0.25, 0.3) is 10.0 Å². The van der Waals surface area contributed by atoms with Crippen molar-refractivity contribution in [2.75, 3.05) is 13.1 Å². The van der Waals surface area contributed by atoms with E-state index in [0.717, 1.165) is 17.7 Å². The molecule has 2 bridgehead atoms. The average Bonchev–Trinajstić information content (AvgIpc) is 3.66. The average molecular weight is 596 g/mol. The summed E-state index contributed by atoms with van der Waals surface area (Å²) in [7, 11) is -4.15. The molecule has 4 aliphatic rings. The molecule has 0 aromatic heterocycles. The lowest BCUT2D eigenvalue weighted by atomic mass is 9.53. The Hall–Kier alpha value is -3.08. The predicted octanol–water partition coefficient (Wildman–Crippen LogP) is 3.27. The molecule has 6 rings (SSSR count). The lowest BCUT2D eigenvalue weighted by Crippen LogP contribution is -2.73. The van der Waals surface area contributed by atoms with E-state index < -0.39 is 33.1 Å². The van der Waals surface area contributed by atoms with Gasteiger partial charge in [-0.1, -0.05) is 23.8 Å². The number of fused-ring (bicyclic) bond motifs is 1. The number of phenols is 1. The summed E-state index contributed by atoms with van der Waals surface area (Å²) in [5, 5.41) is 26.5. The van der Waals surface area contributed by atoms with Gasteiger partial charge in [0.15, 0.2) is 17.6 Å². The number of aliphatic hydroxyl groups is 1. The molecule has 2 aliphatic carbocycles. The van der Waals surface area contributed by atoms with E-state index in [4.69, 9.17) is 4.74 Å². The minimum absolute atomic E-state index is 0.0479. The zero-order valence-electron chi connectivity index (χ0n) is 24.9. The third kappa shape index (κ3) is 4.50. The Morgan fingerprint density at radius 2 is 1.86 bits per heavy atom. The number of aryl methyl sites for hydroxylation is 1. The molecule has 10 heteroatoms. The summed E-state index contributed by atoms with van der Waals surface area (Å²) in [5.74, 6) is 0.359. The summed E-state index contributed by atoms with van der Waals surface area (Å²) < 4.78 is 37.0. The van der Waals surface area contributed by atoms with Crippen LogP contribution in [0, 0.1) is 12.8 Å². The molecule has 0 unspecified atom stereocenters. The summed E-state index contributed by atoms with van der Waals surface area (Å²) in [6.45, 7) is 10.5. The van der Waals surface area contributed by atoms with Gasteiger partial charge in [-0.3, -0.25) is 14.4 Å². The van der Waals surface area contributed by atoms with Crippen molar-refractivity contribution >= 4 is 15.9 Å². The quantitative estimate of drug-likeness (QED) is 0.345. The highest BCUT2D eigenvalue weighted by molar-refractivity contribution is 7.89. The zero-order chi connectivity index (χ0) is 30.2. The molecule has 4 atom stereocenters. The highest BCUT2D eigenvalue weighted by Gasteiger charge is 2.69. The summed E-state index contributed by atoms with van der Waals surface area (Å²) in [5.41, 5.74) is 0.334. The molecule has 2 aliphatic heterocycles. The van der Waals surface area contributed by atoms with Gasteiger partial charge in [0.05, 0.1) is 21.6 Å². The number of piperidine rings is 1. The van der Waals surface area contributed by atoms with Crippen molar-refractivity contribution in [3.8, 4) is 11.5 Å². The van der Waals surface area contributed by atoms with E-state index >= 15 is 0 Å². The molecule has 0 radical (unpaired) electrons. The van der Waals surface area contributed by atoms with Gasteiger partial charge in [0, 0.05) is 29.8 Å². The maximum absolute atomic E-state index is 13.8. The number of amides is 1. The molecule has 226 valence electrons. The van der Waals surface area contributed by atoms with E-state index in [9.17, 15) is 23.4 Å². The van der Waals surface area contributed by atoms with Gasteiger partial charge in [-0.25, -0.2) is 8.42 Å². The van der Waals surface area contributed by atoms with Crippen molar-refractivity contribution in [3.05, 3.63) is 64.4 Å². The number of hydrogen-bond donors (Lipinski definition) is 4. The van der Waals surface area contributed by atoms with Crippen molar-refractivity contribution in [1.29, 1.82) is 0 Å². The van der Waals surface area contributed by atoms with Crippen LogP contribution in [0.5, 0.6) is 11.5 Å². The number of aromatic hydroxyl groups is 1. The van der Waals surface area contributed by atoms with Crippen molar-refractivity contribution < 1.29 is 28.2 Å². The molecular formula is C32H41N3O6S. The summed E-state index contributed by atoms with van der Waals surface area (Å²) in [6, 6.07) is 9.54. The molecule has 2 aromatic rings. The molecule has 42 heavy (non-hydrogen) atoms. The van der Waals surface area contributed by atoms with Crippen LogP contribution in [-0.2, 0) is 26.7 Å². The number of phenolic OH excluding ortho intramolecular Hbond substituents is 1. The molecule has 1 saturated carbocycles. The van der Waals surface area contributed by atoms with Gasteiger partial charge < -0.3 is 20.3 Å². The molecule has 4 N–H and O–H groups in total. The number of sulfonamides is 1. The molecule has 1 spiro atoms. The number of nitrogens with one attached hydrogen (secondary N) is 2. The van der Waals surface area contributed by atoms with Crippen molar-refractivity contribution in [2.45, 2.75) is 94.4 Å². The number of carbonyl (C=O) groups is 1. The van der Waals surface area contributed by atoms with Crippen molar-refractivity contribution in [2.24, 2.45) is 5.92 Å². The number of benzene rings is 2. The number of carbonyl (C=O) groups excluding carboxylic acids is 1. The first-order valence-electron chi connectivity index (χ1n) is 14.9. The maximum atomic E-state index is 13.8. The fourth-order valence-corrected chi connectivity index (χ4v) is 8.49. The minimum Gasteiger partial charge on any atom is -0.504 e. The number of nitrogens with zero attached hydrogens (tertiary/aromatic N) is 1. The van der Waals surface area contributed by atoms with Crippen LogP contribution in [0.4, 0.5) is 0 Å². The molecule has 1 saturated heterocycles. The molecule has 2 aromatic carbocycles. The first kappa shape index (κ1) is 29.0. The smallest absolute Gasteiger partial charge is 0.261 e. The summed E-state index contributed by atoms with van der Waals surface area (Å²) in [6.07, 6.45) is 2.36. The number of likely N-dealkylation sites (tertiary alicyclic amines) is 1. The molecule has 2 heterocycles. The second-order valence-electron chi connectivity index (χ2n) is 13.1. The van der Waals surface area contributed by atoms with Gasteiger partial charge in [-0.05, 0) is 96.5 Å². The SMILES string of the molecule is C/C(C(=O)NC(C)C)=C(/NS(=O)(=O)c1ccc(C)cc1)[C@@H]1Oc2c(O)ccc3c2[C@@]12CCN(CC1CC1)[C@H](C3)[C@@]2(C)O. The van der Waals surface area contributed by atoms with Gasteiger partial charge in [0.2, 0.25) is 5.91 Å². The Bertz CT molecular complexity index is 1560. The predicted molar refractivity (Wildman–Crippen MR) is 159 cm³/mol. The zero-order valence-corrected chi connectivity index (χ0v) is 25.7. The third-order valence-electron chi connectivity index (χ3n) is 9.74. The van der Waals surface area contributed by atoms with Gasteiger partial charge in [-0.2, -0.15) is 0 Å². The summed E-state index contributed by atoms with van der Waals surface area (Å²) >= 11 is 0. The Morgan fingerprint density at radius 1 is 1.17 bits per heavy atom. The van der Waals surface area contributed by atoms with E-state index in [2.05, 4.69) is 14.9 Å². The highest BCUT2D eigenvalue weighted by atomic mass is 32.2. The lowest BCUT2D eigenvalue weighted by molar-refractivity contribution is -0.150. The Morgan fingerprint density at radius 3 is 2.50 bits per heavy atom. The second-order valence-corrected chi connectivity index (χ2v) is 14.7. The van der Waals surface area contributed by atoms with Crippen molar-refractivity contribution in [3.63, 3.8) is 0 Å². The number of hydrogen-bond acceptors (Lipinski definition) is 7. The topological polar surface area (TPSA) is 128 Å². The minimum atomic E-state index is -4.15. The van der Waals surface area contributed by atoms with Crippen LogP contribution in [0.1, 0.15) is 63.6 Å². The van der Waals surface area contributed by atoms with Crippen LogP contribution >= 0.6 is 0 Å². The highest BCUT2D eigenvalue weighted by Crippen LogP contribution is 2.63. The third-order valence-corrected chi connectivity index (χ3v) is 11.1. The molecular weight excluding hydrogens is 554 g/mol. The van der Waals surface area contributed by atoms with Crippen LogP contribution in [-0.4, -0.2) is 66.3 Å². The Kier molecular flexibility index (Phi) is 6.90. The molecule has 1 amide bonds. The second kappa shape index (κ2) is 9.99. The van der Waals surface area contributed by atoms with Crippen LogP contribution in [0.2, 0.25) is 0 Å². The fourth-order valence-electron chi connectivity index (χ4n) is 7.33. The maximum Gasteiger partial charge on any atom is 0.261 e. The molecule has 2 fully saturated rings. The Labute approximate surface area is 248 Å². The van der Waals surface area contributed by atoms with Crippen LogP contribution in [0.25, 0.3) is 0 Å². The lowest BCUT2D eigenvalue weighted by Gasteiger charge is -2.60. The first-order valence-corrected chi connectivity index (χ1v) is 16.3. The number of rotatable bonds is 8. The van der Waals surface area contributed by atoms with E-state index in [1.54, 1.807) is 25.1 Å². The normalized spacial score (nSPS) is 29.0. The molecule has 9 nitrogen and oxygen atoms in total. The monoisotopic (exact) mass is 595 g/mol. The first-order chi connectivity index (χ1) is 19.8. The van der Waals surface area contributed by atoms with Gasteiger partial charge in [-0.15, -0.1) is 0 Å². The van der Waals surface area contributed by atoms with E-state index in [1.165, 1.54) is 25.0 Å². The number of ether oxygens (including phenoxy) is 1. The van der Waals surface area contributed by atoms with Gasteiger partial charge in [0.1, 0.15) is 0 Å². The van der Waals surface area contributed by atoms with Crippen molar-refractivity contribution in [1.82, 2.24) is 14.9 Å². The van der Waals surface area contributed by atoms with Gasteiger partial charge >= 0.3 is 0 Å². The van der Waals surface area contributed by atoms with Crippen LogP contribution in [0.3, 0.4) is 0 Å². The standard InChI is InChI=1S/C32H41N3O6S/c1-18(2)33-30(37)20(4)27(34-42(39,40)23-11-6-19(3)7-12-23)29-32-14-15-35(17-21-8-9-21)25(31(32,5)38)16-22-10-13-24(36)28(41-29)26(22)32/h6-7,10-13,18,21,25,29,34,36,38H,8-9,14-17H2,1-5H3,(H,33,37)/b27-20-/t25-,29+,31-,32+/m1/s1.